The predicted molar refractivity (Wildman–Crippen MR) is 95.2 cm³/mol. The van der Waals surface area contributed by atoms with E-state index >= 15 is 0 Å². The Bertz CT molecular complexity index is 757. The van der Waals surface area contributed by atoms with Crippen molar-refractivity contribution in [2.75, 3.05) is 25.4 Å². The molecule has 0 saturated carbocycles. The molecule has 0 spiro atoms. The zero-order valence-electron chi connectivity index (χ0n) is 14.8. The molecule has 26 heavy (non-hydrogen) atoms. The molecule has 0 aliphatic carbocycles. The predicted octanol–water partition coefficient (Wildman–Crippen LogP) is 0.693. The van der Waals surface area contributed by atoms with Gasteiger partial charge in [0, 0.05) is 31.3 Å². The minimum absolute atomic E-state index is 0.0537. The summed E-state index contributed by atoms with van der Waals surface area (Å²) in [4.78, 5) is 22.4. The summed E-state index contributed by atoms with van der Waals surface area (Å²) in [5.74, 6) is -0.687. The highest BCUT2D eigenvalue weighted by Gasteiger charge is 2.30. The fraction of sp³-hybridized carbons (Fsp3) is 0.562. The number of amides is 1. The summed E-state index contributed by atoms with van der Waals surface area (Å²) in [7, 11) is -3.51. The van der Waals surface area contributed by atoms with Crippen molar-refractivity contribution in [2.24, 2.45) is 0 Å². The summed E-state index contributed by atoms with van der Waals surface area (Å²) in [6, 6.07) is 5.97. The number of benzene rings is 1. The van der Waals surface area contributed by atoms with E-state index in [-0.39, 0.29) is 55.3 Å². The van der Waals surface area contributed by atoms with Crippen LogP contribution >= 0.6 is 0 Å². The Labute approximate surface area is 152 Å². The maximum Gasteiger partial charge on any atom is 0.273 e. The lowest BCUT2D eigenvalue weighted by Crippen LogP contribution is -2.49. The van der Waals surface area contributed by atoms with Gasteiger partial charge in [-0.05, 0) is 13.8 Å². The van der Waals surface area contributed by atoms with Gasteiger partial charge in [-0.25, -0.2) is 8.42 Å². The minimum atomic E-state index is -3.51. The average Bonchev–Trinajstić information content (AvgIpc) is 2.54. The SMILES string of the molecule is CC1CN(S(=O)(=O)CCNC(=O)Cc2ccccc2[N+](=O)[O-])CC(C)O1. The lowest BCUT2D eigenvalue weighted by molar-refractivity contribution is -0.385. The number of nitro groups is 1. The molecule has 0 aromatic heterocycles. The Hall–Kier alpha value is -2.04. The molecule has 1 saturated heterocycles. The number of para-hydroxylation sites is 1. The van der Waals surface area contributed by atoms with Crippen LogP contribution in [-0.2, 0) is 26.0 Å². The van der Waals surface area contributed by atoms with Gasteiger partial charge in [-0.1, -0.05) is 18.2 Å². The van der Waals surface area contributed by atoms with E-state index < -0.39 is 20.9 Å². The number of nitrogens with one attached hydrogen (secondary N) is 1. The number of ether oxygens (including phenoxy) is 1. The highest BCUT2D eigenvalue weighted by molar-refractivity contribution is 7.89. The normalized spacial score (nSPS) is 21.3. The van der Waals surface area contributed by atoms with Gasteiger partial charge in [0.1, 0.15) is 0 Å². The molecule has 1 aliphatic rings. The molecule has 1 aromatic rings. The first-order valence-corrected chi connectivity index (χ1v) is 9.92. The van der Waals surface area contributed by atoms with Crippen molar-refractivity contribution < 1.29 is 22.9 Å². The first-order chi connectivity index (χ1) is 12.2. The molecule has 1 aliphatic heterocycles. The molecule has 2 rings (SSSR count). The van der Waals surface area contributed by atoms with E-state index in [0.717, 1.165) is 0 Å². The van der Waals surface area contributed by atoms with E-state index in [1.807, 2.05) is 13.8 Å². The van der Waals surface area contributed by atoms with Gasteiger partial charge in [0.25, 0.3) is 5.69 Å². The summed E-state index contributed by atoms with van der Waals surface area (Å²) >= 11 is 0. The van der Waals surface area contributed by atoms with Crippen LogP contribution in [0.2, 0.25) is 0 Å². The van der Waals surface area contributed by atoms with E-state index in [2.05, 4.69) is 5.32 Å². The molecule has 10 heteroatoms. The monoisotopic (exact) mass is 385 g/mol. The minimum Gasteiger partial charge on any atom is -0.373 e. The zero-order valence-corrected chi connectivity index (χ0v) is 15.6. The van der Waals surface area contributed by atoms with Crippen LogP contribution < -0.4 is 5.32 Å². The third-order valence-corrected chi connectivity index (χ3v) is 5.81. The van der Waals surface area contributed by atoms with Gasteiger partial charge in [0.05, 0.1) is 29.3 Å². The summed E-state index contributed by atoms with van der Waals surface area (Å²) in [5, 5.41) is 13.5. The van der Waals surface area contributed by atoms with Gasteiger partial charge in [0.2, 0.25) is 15.9 Å². The van der Waals surface area contributed by atoms with Crippen molar-refractivity contribution in [1.29, 1.82) is 0 Å². The van der Waals surface area contributed by atoms with Crippen molar-refractivity contribution in [3.63, 3.8) is 0 Å². The molecule has 2 atom stereocenters. The Morgan fingerprint density at radius 1 is 1.31 bits per heavy atom. The second kappa shape index (κ2) is 8.56. The second-order valence-corrected chi connectivity index (χ2v) is 8.39. The molecule has 0 radical (unpaired) electrons. The molecule has 9 nitrogen and oxygen atoms in total. The van der Waals surface area contributed by atoms with E-state index in [1.54, 1.807) is 6.07 Å². The average molecular weight is 385 g/mol. The Morgan fingerprint density at radius 2 is 1.92 bits per heavy atom. The fourth-order valence-electron chi connectivity index (χ4n) is 2.88. The van der Waals surface area contributed by atoms with Gasteiger partial charge in [-0.15, -0.1) is 0 Å². The van der Waals surface area contributed by atoms with Crippen LogP contribution in [-0.4, -0.2) is 61.1 Å². The standard InChI is InChI=1S/C16H23N3O6S/c1-12-10-18(11-13(2)25-12)26(23,24)8-7-17-16(20)9-14-5-3-4-6-15(14)19(21)22/h3-6,12-13H,7-11H2,1-2H3,(H,17,20). The fourth-order valence-corrected chi connectivity index (χ4v) is 4.37. The molecular formula is C16H23N3O6S. The Balaban J connectivity index is 1.87. The summed E-state index contributed by atoms with van der Waals surface area (Å²) in [6.07, 6.45) is -0.536. The third-order valence-electron chi connectivity index (χ3n) is 4.00. The number of carbonyl (C=O) groups is 1. The zero-order chi connectivity index (χ0) is 19.3. The highest BCUT2D eigenvalue weighted by atomic mass is 32.2. The van der Waals surface area contributed by atoms with Crippen LogP contribution in [0.4, 0.5) is 5.69 Å². The molecule has 2 unspecified atom stereocenters. The molecule has 1 N–H and O–H groups in total. The van der Waals surface area contributed by atoms with Crippen LogP contribution in [0.1, 0.15) is 19.4 Å². The van der Waals surface area contributed by atoms with Gasteiger partial charge >= 0.3 is 0 Å². The van der Waals surface area contributed by atoms with Crippen molar-refractivity contribution in [2.45, 2.75) is 32.5 Å². The largest absolute Gasteiger partial charge is 0.373 e. The lowest BCUT2D eigenvalue weighted by Gasteiger charge is -2.34. The maximum absolute atomic E-state index is 12.4. The molecule has 1 aromatic carbocycles. The number of rotatable bonds is 7. The van der Waals surface area contributed by atoms with E-state index in [4.69, 9.17) is 4.74 Å². The van der Waals surface area contributed by atoms with Crippen LogP contribution in [0.25, 0.3) is 0 Å². The van der Waals surface area contributed by atoms with Crippen LogP contribution in [0.3, 0.4) is 0 Å². The van der Waals surface area contributed by atoms with Gasteiger partial charge in [-0.2, -0.15) is 4.31 Å². The summed E-state index contributed by atoms with van der Waals surface area (Å²) in [6.45, 7) is 4.15. The van der Waals surface area contributed by atoms with Gasteiger partial charge in [0.15, 0.2) is 0 Å². The Kier molecular flexibility index (Phi) is 6.68. The van der Waals surface area contributed by atoms with E-state index in [0.29, 0.717) is 0 Å². The molecular weight excluding hydrogens is 362 g/mol. The highest BCUT2D eigenvalue weighted by Crippen LogP contribution is 2.18. The molecule has 1 fully saturated rings. The molecule has 144 valence electrons. The lowest BCUT2D eigenvalue weighted by atomic mass is 10.1. The molecule has 1 heterocycles. The van der Waals surface area contributed by atoms with Crippen LogP contribution in [0.15, 0.2) is 24.3 Å². The van der Waals surface area contributed by atoms with Crippen molar-refractivity contribution in [3.8, 4) is 0 Å². The van der Waals surface area contributed by atoms with Crippen LogP contribution in [0.5, 0.6) is 0 Å². The molecule has 1 amide bonds. The smallest absolute Gasteiger partial charge is 0.273 e. The van der Waals surface area contributed by atoms with Crippen LogP contribution in [0, 0.1) is 10.1 Å². The quantitative estimate of drug-likeness (QED) is 0.545. The summed E-state index contributed by atoms with van der Waals surface area (Å²) < 4.78 is 31.7. The summed E-state index contributed by atoms with van der Waals surface area (Å²) in [5.41, 5.74) is 0.153. The van der Waals surface area contributed by atoms with Crippen molar-refractivity contribution in [3.05, 3.63) is 39.9 Å². The van der Waals surface area contributed by atoms with Crippen molar-refractivity contribution in [1.82, 2.24) is 9.62 Å². The van der Waals surface area contributed by atoms with E-state index in [9.17, 15) is 23.3 Å². The first-order valence-electron chi connectivity index (χ1n) is 8.31. The third kappa shape index (κ3) is 5.48. The number of carbonyl (C=O) groups excluding carboxylic acids is 1. The van der Waals surface area contributed by atoms with E-state index in [1.165, 1.54) is 22.5 Å². The molecule has 0 bridgehead atoms. The topological polar surface area (TPSA) is 119 Å². The van der Waals surface area contributed by atoms with Gasteiger partial charge < -0.3 is 10.1 Å². The number of nitrogens with zero attached hydrogens (tertiary/aromatic N) is 2. The number of nitro benzene ring substituents is 1. The maximum atomic E-state index is 12.4. The number of hydrogen-bond acceptors (Lipinski definition) is 6. The van der Waals surface area contributed by atoms with Gasteiger partial charge in [-0.3, -0.25) is 14.9 Å². The second-order valence-electron chi connectivity index (χ2n) is 6.30. The number of sulfonamides is 1. The number of hydrogen-bond donors (Lipinski definition) is 1. The van der Waals surface area contributed by atoms with Crippen molar-refractivity contribution >= 4 is 21.6 Å². The Morgan fingerprint density at radius 3 is 2.54 bits per heavy atom. The first kappa shape index (κ1) is 20.3. The number of morpholine rings is 1.